The van der Waals surface area contributed by atoms with Crippen LogP contribution in [0.5, 0.6) is 0 Å². The van der Waals surface area contributed by atoms with Crippen LogP contribution in [-0.4, -0.2) is 29.6 Å². The molecule has 28 heavy (non-hydrogen) atoms. The van der Waals surface area contributed by atoms with Crippen LogP contribution in [-0.2, 0) is 34.5 Å². The molecule has 3 rings (SSSR count). The Morgan fingerprint density at radius 1 is 1.04 bits per heavy atom. The minimum absolute atomic E-state index is 0.358. The van der Waals surface area contributed by atoms with Crippen LogP contribution in [0.25, 0.3) is 0 Å². The average molecular weight is 418 g/mol. The molecule has 0 fully saturated rings. The van der Waals surface area contributed by atoms with Gasteiger partial charge in [-0.25, -0.2) is 13.2 Å². The predicted molar refractivity (Wildman–Crippen MR) is 90.1 cm³/mol. The zero-order chi connectivity index (χ0) is 21.1. The number of fused-ring (bicyclic) bond motifs is 1. The van der Waals surface area contributed by atoms with Crippen LogP contribution >= 0.6 is 0 Å². The van der Waals surface area contributed by atoms with E-state index in [-0.39, 0.29) is 0 Å². The van der Waals surface area contributed by atoms with Crippen molar-refractivity contribution < 1.29 is 26.4 Å². The number of amides is 1. The first-order chi connectivity index (χ1) is 12.8. The third kappa shape index (κ3) is 2.57. The Morgan fingerprint density at radius 2 is 1.61 bits per heavy atom. The lowest BCUT2D eigenvalue weighted by Crippen LogP contribution is -2.62. The van der Waals surface area contributed by atoms with Crippen LogP contribution in [0.2, 0.25) is 0 Å². The van der Waals surface area contributed by atoms with Crippen LogP contribution < -0.4 is 21.3 Å². The summed E-state index contributed by atoms with van der Waals surface area (Å²) in [6.07, 6.45) is -5.53. The molecule has 150 valence electrons. The molecule has 1 atom stereocenters. The summed E-state index contributed by atoms with van der Waals surface area (Å²) >= 11 is 0. The molecule has 0 aliphatic carbocycles. The average Bonchev–Trinajstić information content (AvgIpc) is 2.92. The summed E-state index contributed by atoms with van der Waals surface area (Å²) in [7, 11) is -2.92. The Labute approximate surface area is 155 Å². The number of rotatable bonds is 3. The number of aromatic nitrogens is 2. The largest absolute Gasteiger partial charge is 0.421 e. The lowest BCUT2D eigenvalue weighted by atomic mass is 9.93. The third-order valence-corrected chi connectivity index (χ3v) is 5.85. The van der Waals surface area contributed by atoms with Crippen LogP contribution in [0.4, 0.5) is 19.0 Å². The zero-order valence-electron chi connectivity index (χ0n) is 14.4. The van der Waals surface area contributed by atoms with Gasteiger partial charge in [-0.2, -0.15) is 17.9 Å². The van der Waals surface area contributed by atoms with E-state index >= 15 is 0 Å². The van der Waals surface area contributed by atoms with Gasteiger partial charge in [0.05, 0.1) is 10.5 Å². The monoisotopic (exact) mass is 418 g/mol. The van der Waals surface area contributed by atoms with E-state index in [2.05, 4.69) is 0 Å². The van der Waals surface area contributed by atoms with E-state index < -0.39 is 55.2 Å². The molecule has 2 N–H and O–H groups in total. The Balaban J connectivity index is 2.38. The SMILES string of the molecule is Cn1c2c(c(=O)n(C)c1=O)[C@@](NS(=O)(=O)c1ccccc1)(C(F)(F)F)C(=O)N2. The molecule has 0 radical (unpaired) electrons. The highest BCUT2D eigenvalue weighted by molar-refractivity contribution is 7.89. The van der Waals surface area contributed by atoms with E-state index in [1.165, 1.54) is 22.9 Å². The fourth-order valence-corrected chi connectivity index (χ4v) is 4.28. The Hall–Kier alpha value is -2.93. The quantitative estimate of drug-likeness (QED) is 0.714. The van der Waals surface area contributed by atoms with E-state index in [0.29, 0.717) is 9.13 Å². The molecule has 0 saturated carbocycles. The van der Waals surface area contributed by atoms with Crippen LogP contribution in [0.15, 0.2) is 44.8 Å². The minimum atomic E-state index is -5.53. The maximum Gasteiger partial charge on any atom is 0.421 e. The second kappa shape index (κ2) is 6.04. The number of nitrogens with zero attached hydrogens (tertiary/aromatic N) is 2. The molecule has 13 heteroatoms. The Bertz CT molecular complexity index is 1200. The summed E-state index contributed by atoms with van der Waals surface area (Å²) in [5.74, 6) is -2.57. The third-order valence-electron chi connectivity index (χ3n) is 4.38. The fourth-order valence-electron chi connectivity index (χ4n) is 2.93. The molecule has 2 heterocycles. The van der Waals surface area contributed by atoms with Crippen molar-refractivity contribution in [1.29, 1.82) is 0 Å². The summed E-state index contributed by atoms with van der Waals surface area (Å²) in [6, 6.07) is 6.06. The number of halogens is 3. The smallest absolute Gasteiger partial charge is 0.309 e. The van der Waals surface area contributed by atoms with Crippen molar-refractivity contribution in [3.05, 3.63) is 56.7 Å². The van der Waals surface area contributed by atoms with Crippen LogP contribution in [0.1, 0.15) is 5.56 Å². The van der Waals surface area contributed by atoms with Gasteiger partial charge in [-0.3, -0.25) is 18.7 Å². The summed E-state index contributed by atoms with van der Waals surface area (Å²) in [4.78, 5) is 36.3. The Morgan fingerprint density at radius 3 is 2.14 bits per heavy atom. The minimum Gasteiger partial charge on any atom is -0.309 e. The number of hydrogen-bond donors (Lipinski definition) is 2. The van der Waals surface area contributed by atoms with Gasteiger partial charge in [-0.15, -0.1) is 0 Å². The Kier molecular flexibility index (Phi) is 4.27. The van der Waals surface area contributed by atoms with E-state index in [4.69, 9.17) is 0 Å². The summed E-state index contributed by atoms with van der Waals surface area (Å²) in [5, 5.41) is 1.81. The molecule has 1 aliphatic rings. The van der Waals surface area contributed by atoms with E-state index in [1.54, 1.807) is 0 Å². The molecule has 0 saturated heterocycles. The van der Waals surface area contributed by atoms with Crippen LogP contribution in [0.3, 0.4) is 0 Å². The number of nitrogens with one attached hydrogen (secondary N) is 2. The van der Waals surface area contributed by atoms with Crippen molar-refractivity contribution in [1.82, 2.24) is 13.9 Å². The maximum absolute atomic E-state index is 14.1. The van der Waals surface area contributed by atoms with Gasteiger partial charge >= 0.3 is 11.9 Å². The highest BCUT2D eigenvalue weighted by atomic mass is 32.2. The van der Waals surface area contributed by atoms with Crippen molar-refractivity contribution in [3.63, 3.8) is 0 Å². The molecule has 0 spiro atoms. The normalized spacial score (nSPS) is 19.4. The molecule has 0 unspecified atom stereocenters. The summed E-state index contributed by atoms with van der Waals surface area (Å²) < 4.78 is 69.8. The number of sulfonamides is 1. The van der Waals surface area contributed by atoms with Gasteiger partial charge in [-0.05, 0) is 12.1 Å². The topological polar surface area (TPSA) is 119 Å². The molecule has 9 nitrogen and oxygen atoms in total. The first-order valence-corrected chi connectivity index (χ1v) is 9.10. The van der Waals surface area contributed by atoms with Gasteiger partial charge in [0.25, 0.3) is 11.5 Å². The number of hydrogen-bond acceptors (Lipinski definition) is 5. The number of anilines is 1. The van der Waals surface area contributed by atoms with E-state index in [9.17, 15) is 36.0 Å². The van der Waals surface area contributed by atoms with Gasteiger partial charge in [0.2, 0.25) is 15.6 Å². The lowest BCUT2D eigenvalue weighted by molar-refractivity contribution is -0.194. The molecule has 2 aromatic rings. The highest BCUT2D eigenvalue weighted by Gasteiger charge is 2.69. The highest BCUT2D eigenvalue weighted by Crippen LogP contribution is 2.45. The van der Waals surface area contributed by atoms with Crippen molar-refractivity contribution in [3.8, 4) is 0 Å². The van der Waals surface area contributed by atoms with Gasteiger partial charge in [0.15, 0.2) is 0 Å². The zero-order valence-corrected chi connectivity index (χ0v) is 15.2. The molecule has 0 bridgehead atoms. The summed E-state index contributed by atoms with van der Waals surface area (Å²) in [6.45, 7) is 0. The number of carbonyl (C=O) groups is 1. The molecular formula is C15H13F3N4O5S. The molecule has 1 aromatic heterocycles. The first kappa shape index (κ1) is 19.8. The maximum atomic E-state index is 14.1. The van der Waals surface area contributed by atoms with E-state index in [1.807, 2.05) is 5.32 Å². The second-order valence-electron chi connectivity index (χ2n) is 6.05. The van der Waals surface area contributed by atoms with E-state index in [0.717, 1.165) is 26.2 Å². The van der Waals surface area contributed by atoms with Crippen molar-refractivity contribution in [2.24, 2.45) is 14.1 Å². The summed E-state index contributed by atoms with van der Waals surface area (Å²) in [5.41, 5.74) is -7.58. The van der Waals surface area contributed by atoms with Crippen LogP contribution in [0, 0.1) is 0 Å². The standard InChI is InChI=1S/C15H13F3N4O5S/c1-21-10-9(11(23)22(2)13(21)25)14(12(24)19-10,15(16,17)18)20-28(26,27)8-6-4-3-5-7-8/h3-7,20H,1-2H3,(H,19,24)/t14-/m0/s1. The fraction of sp³-hybridized carbons (Fsp3) is 0.267. The van der Waals surface area contributed by atoms with Crippen molar-refractivity contribution in [2.75, 3.05) is 5.32 Å². The van der Waals surface area contributed by atoms with Crippen molar-refractivity contribution in [2.45, 2.75) is 16.6 Å². The van der Waals surface area contributed by atoms with Gasteiger partial charge < -0.3 is 5.32 Å². The molecular weight excluding hydrogens is 405 g/mol. The van der Waals surface area contributed by atoms with Gasteiger partial charge in [0.1, 0.15) is 5.82 Å². The van der Waals surface area contributed by atoms with Gasteiger partial charge in [-0.1, -0.05) is 18.2 Å². The molecule has 1 aromatic carbocycles. The van der Waals surface area contributed by atoms with Crippen molar-refractivity contribution >= 4 is 21.7 Å². The second-order valence-corrected chi connectivity index (χ2v) is 7.73. The number of carbonyl (C=O) groups excluding carboxylic acids is 1. The van der Waals surface area contributed by atoms with Gasteiger partial charge in [0, 0.05) is 14.1 Å². The molecule has 1 amide bonds. The number of alkyl halides is 3. The first-order valence-electron chi connectivity index (χ1n) is 7.62. The number of benzene rings is 1. The molecule has 1 aliphatic heterocycles. The predicted octanol–water partition coefficient (Wildman–Crippen LogP) is -0.228. The lowest BCUT2D eigenvalue weighted by Gasteiger charge is -2.30.